The molecule has 1 fully saturated rings. The quantitative estimate of drug-likeness (QED) is 0.752. The molecule has 2 nitrogen and oxygen atoms in total. The molecule has 1 amide bonds. The summed E-state index contributed by atoms with van der Waals surface area (Å²) in [7, 11) is 0. The number of carbonyl (C=O) groups excluding carboxylic acids is 1. The topological polar surface area (TPSA) is 29.1 Å². The second-order valence-corrected chi connectivity index (χ2v) is 4.22. The van der Waals surface area contributed by atoms with Crippen LogP contribution < -0.4 is 5.32 Å². The molecule has 2 aliphatic rings. The Labute approximate surface area is 83.3 Å². The number of hydrogen-bond donors (Lipinski definition) is 1. The zero-order chi connectivity index (χ0) is 9.54. The van der Waals surface area contributed by atoms with Gasteiger partial charge < -0.3 is 5.32 Å². The maximum Gasteiger partial charge on any atom is 0.252 e. The van der Waals surface area contributed by atoms with Gasteiger partial charge in [0.15, 0.2) is 0 Å². The summed E-state index contributed by atoms with van der Waals surface area (Å²) < 4.78 is 0. The van der Waals surface area contributed by atoms with E-state index in [1.165, 1.54) is 18.4 Å². The Balaban J connectivity index is 1.92. The molecule has 1 unspecified atom stereocenters. The first-order chi connectivity index (χ1) is 6.84. The van der Waals surface area contributed by atoms with E-state index < -0.39 is 0 Å². The van der Waals surface area contributed by atoms with Crippen LogP contribution in [0.15, 0.2) is 18.2 Å². The normalized spacial score (nSPS) is 24.6. The number of amides is 1. The molecule has 0 spiro atoms. The molecule has 1 atom stereocenters. The van der Waals surface area contributed by atoms with Gasteiger partial charge in [-0.3, -0.25) is 4.79 Å². The summed E-state index contributed by atoms with van der Waals surface area (Å²) in [6.45, 7) is 0. The molecule has 3 rings (SSSR count). The molecular formula is C12H12NO. The SMILES string of the molecule is O=C1NC(CC2CC2)c2cc[c]cc21. The molecule has 1 saturated carbocycles. The zero-order valence-corrected chi connectivity index (χ0v) is 7.92. The summed E-state index contributed by atoms with van der Waals surface area (Å²) in [5.41, 5.74) is 1.99. The van der Waals surface area contributed by atoms with Crippen molar-refractivity contribution in [2.45, 2.75) is 25.3 Å². The molecular weight excluding hydrogens is 174 g/mol. The van der Waals surface area contributed by atoms with E-state index in [1.807, 2.05) is 12.1 Å². The number of nitrogens with one attached hydrogen (secondary N) is 1. The van der Waals surface area contributed by atoms with Crippen LogP contribution in [0.4, 0.5) is 0 Å². The van der Waals surface area contributed by atoms with E-state index in [1.54, 1.807) is 6.07 Å². The molecule has 0 bridgehead atoms. The highest BCUT2D eigenvalue weighted by Gasteiger charge is 2.33. The van der Waals surface area contributed by atoms with Crippen molar-refractivity contribution in [1.82, 2.24) is 5.32 Å². The third-order valence-electron chi connectivity index (χ3n) is 3.09. The van der Waals surface area contributed by atoms with Gasteiger partial charge >= 0.3 is 0 Å². The first-order valence-electron chi connectivity index (χ1n) is 5.15. The van der Waals surface area contributed by atoms with Gasteiger partial charge in [0.2, 0.25) is 0 Å². The van der Waals surface area contributed by atoms with Crippen LogP contribution in [0, 0.1) is 12.0 Å². The van der Waals surface area contributed by atoms with Gasteiger partial charge in [0.25, 0.3) is 5.91 Å². The Hall–Kier alpha value is -1.31. The average molecular weight is 186 g/mol. The Morgan fingerprint density at radius 3 is 3.14 bits per heavy atom. The van der Waals surface area contributed by atoms with E-state index in [0.717, 1.165) is 17.9 Å². The van der Waals surface area contributed by atoms with Crippen molar-refractivity contribution < 1.29 is 4.79 Å². The van der Waals surface area contributed by atoms with Crippen molar-refractivity contribution in [3.63, 3.8) is 0 Å². The summed E-state index contributed by atoms with van der Waals surface area (Å²) >= 11 is 0. The number of rotatable bonds is 2. The van der Waals surface area contributed by atoms with Crippen molar-refractivity contribution in [2.75, 3.05) is 0 Å². The lowest BCUT2D eigenvalue weighted by Gasteiger charge is -2.09. The van der Waals surface area contributed by atoms with Crippen molar-refractivity contribution in [2.24, 2.45) is 5.92 Å². The first kappa shape index (κ1) is 8.04. The molecule has 1 aromatic carbocycles. The maximum atomic E-state index is 11.5. The minimum atomic E-state index is 0.0718. The summed E-state index contributed by atoms with van der Waals surface area (Å²) in [5, 5.41) is 3.03. The van der Waals surface area contributed by atoms with Crippen LogP contribution in [-0.2, 0) is 0 Å². The molecule has 1 aliphatic carbocycles. The number of fused-ring (bicyclic) bond motifs is 1. The van der Waals surface area contributed by atoms with Crippen LogP contribution in [0.5, 0.6) is 0 Å². The highest BCUT2D eigenvalue weighted by molar-refractivity contribution is 5.99. The molecule has 1 aromatic rings. The van der Waals surface area contributed by atoms with Gasteiger partial charge in [-0.1, -0.05) is 25.0 Å². The molecule has 2 heteroatoms. The van der Waals surface area contributed by atoms with Crippen molar-refractivity contribution >= 4 is 5.91 Å². The monoisotopic (exact) mass is 186 g/mol. The molecule has 1 aliphatic heterocycles. The Kier molecular flexibility index (Phi) is 1.63. The Bertz CT molecular complexity index is 382. The standard InChI is InChI=1S/C12H12NO/c14-12-10-4-2-1-3-9(10)11(13-12)7-8-5-6-8/h1,3-4,8,11H,5-7H2,(H,13,14). The lowest BCUT2D eigenvalue weighted by Crippen LogP contribution is -2.19. The van der Waals surface area contributed by atoms with E-state index in [-0.39, 0.29) is 11.9 Å². The van der Waals surface area contributed by atoms with Crippen LogP contribution in [0.3, 0.4) is 0 Å². The number of hydrogen-bond acceptors (Lipinski definition) is 1. The van der Waals surface area contributed by atoms with Gasteiger partial charge in [-0.15, -0.1) is 0 Å². The van der Waals surface area contributed by atoms with Crippen molar-refractivity contribution in [3.05, 3.63) is 35.4 Å². The Morgan fingerprint density at radius 2 is 2.36 bits per heavy atom. The minimum absolute atomic E-state index is 0.0718. The fraction of sp³-hybridized carbons (Fsp3) is 0.417. The van der Waals surface area contributed by atoms with Crippen LogP contribution in [0.1, 0.15) is 41.2 Å². The molecule has 1 heterocycles. The molecule has 1 N–H and O–H groups in total. The maximum absolute atomic E-state index is 11.5. The summed E-state index contributed by atoms with van der Waals surface area (Å²) in [6, 6.07) is 8.91. The van der Waals surface area contributed by atoms with Crippen LogP contribution in [-0.4, -0.2) is 5.91 Å². The van der Waals surface area contributed by atoms with Crippen molar-refractivity contribution in [1.29, 1.82) is 0 Å². The third-order valence-corrected chi connectivity index (χ3v) is 3.09. The second-order valence-electron chi connectivity index (χ2n) is 4.22. The van der Waals surface area contributed by atoms with Gasteiger partial charge in [0.1, 0.15) is 0 Å². The van der Waals surface area contributed by atoms with Crippen LogP contribution >= 0.6 is 0 Å². The molecule has 0 aromatic heterocycles. The largest absolute Gasteiger partial charge is 0.345 e. The van der Waals surface area contributed by atoms with E-state index in [0.29, 0.717) is 0 Å². The van der Waals surface area contributed by atoms with E-state index >= 15 is 0 Å². The van der Waals surface area contributed by atoms with E-state index in [2.05, 4.69) is 11.4 Å². The number of carbonyl (C=O) groups is 1. The third kappa shape index (κ3) is 1.22. The van der Waals surface area contributed by atoms with Crippen LogP contribution in [0.2, 0.25) is 0 Å². The van der Waals surface area contributed by atoms with Crippen LogP contribution in [0.25, 0.3) is 0 Å². The Morgan fingerprint density at radius 1 is 1.50 bits per heavy atom. The van der Waals surface area contributed by atoms with Gasteiger partial charge in [0.05, 0.1) is 6.04 Å². The van der Waals surface area contributed by atoms with Crippen molar-refractivity contribution in [3.8, 4) is 0 Å². The molecule has 14 heavy (non-hydrogen) atoms. The highest BCUT2D eigenvalue weighted by Crippen LogP contribution is 2.40. The van der Waals surface area contributed by atoms with E-state index in [9.17, 15) is 4.79 Å². The van der Waals surface area contributed by atoms with E-state index in [4.69, 9.17) is 0 Å². The summed E-state index contributed by atoms with van der Waals surface area (Å²) in [5.74, 6) is 0.915. The molecule has 1 radical (unpaired) electrons. The fourth-order valence-corrected chi connectivity index (χ4v) is 2.13. The predicted octanol–water partition coefficient (Wildman–Crippen LogP) is 2.07. The zero-order valence-electron chi connectivity index (χ0n) is 7.92. The summed E-state index contributed by atoms with van der Waals surface area (Å²) in [6.07, 6.45) is 3.78. The number of benzene rings is 1. The fourth-order valence-electron chi connectivity index (χ4n) is 2.13. The average Bonchev–Trinajstić information content (AvgIpc) is 2.95. The highest BCUT2D eigenvalue weighted by atomic mass is 16.2. The molecule has 0 saturated heterocycles. The first-order valence-corrected chi connectivity index (χ1v) is 5.15. The lowest BCUT2D eigenvalue weighted by molar-refractivity contribution is 0.0954. The summed E-state index contributed by atoms with van der Waals surface area (Å²) in [4.78, 5) is 11.5. The van der Waals surface area contributed by atoms with Gasteiger partial charge in [-0.05, 0) is 30.0 Å². The predicted molar refractivity (Wildman–Crippen MR) is 52.8 cm³/mol. The van der Waals surface area contributed by atoms with Gasteiger partial charge in [-0.2, -0.15) is 0 Å². The smallest absolute Gasteiger partial charge is 0.252 e. The molecule has 71 valence electrons. The van der Waals surface area contributed by atoms with Gasteiger partial charge in [-0.25, -0.2) is 0 Å². The second kappa shape index (κ2) is 2.84. The van der Waals surface area contributed by atoms with Gasteiger partial charge in [0, 0.05) is 5.56 Å². The minimum Gasteiger partial charge on any atom is -0.345 e. The lowest BCUT2D eigenvalue weighted by atomic mass is 10.0.